The van der Waals surface area contributed by atoms with Crippen molar-refractivity contribution in [2.24, 2.45) is 0 Å². The quantitative estimate of drug-likeness (QED) is 0.542. The lowest BCUT2D eigenvalue weighted by atomic mass is 10.1. The summed E-state index contributed by atoms with van der Waals surface area (Å²) in [5.74, 6) is -0.306. The molecule has 3 aromatic rings. The van der Waals surface area contributed by atoms with E-state index in [1.165, 1.54) is 11.3 Å². The fourth-order valence-corrected chi connectivity index (χ4v) is 6.99. The van der Waals surface area contributed by atoms with E-state index in [2.05, 4.69) is 5.32 Å². The molecule has 30 heavy (non-hydrogen) atoms. The van der Waals surface area contributed by atoms with Gasteiger partial charge in [-0.2, -0.15) is 4.31 Å². The molecule has 158 valence electrons. The Kier molecular flexibility index (Phi) is 5.90. The van der Waals surface area contributed by atoms with E-state index in [0.29, 0.717) is 22.1 Å². The number of nitrogens with zero attached hydrogens (tertiary/aromatic N) is 1. The Morgan fingerprint density at radius 1 is 1.17 bits per heavy atom. The first-order valence-electron chi connectivity index (χ1n) is 9.89. The van der Waals surface area contributed by atoms with E-state index in [1.807, 2.05) is 32.0 Å². The smallest absolute Gasteiger partial charge is 0.267 e. The molecule has 2 heterocycles. The van der Waals surface area contributed by atoms with Crippen LogP contribution in [0.2, 0.25) is 5.02 Å². The van der Waals surface area contributed by atoms with Gasteiger partial charge >= 0.3 is 0 Å². The molecule has 4 rings (SSSR count). The van der Waals surface area contributed by atoms with Gasteiger partial charge in [0.15, 0.2) is 0 Å². The number of carbonyl (C=O) groups is 1. The molecule has 0 aliphatic carbocycles. The minimum absolute atomic E-state index is 0.00173. The number of rotatable bonds is 4. The fraction of sp³-hybridized carbons (Fsp3) is 0.318. The predicted octanol–water partition coefficient (Wildman–Crippen LogP) is 5.68. The third kappa shape index (κ3) is 3.99. The van der Waals surface area contributed by atoms with Gasteiger partial charge in [0.1, 0.15) is 4.88 Å². The lowest BCUT2D eigenvalue weighted by Crippen LogP contribution is -2.41. The van der Waals surface area contributed by atoms with Crippen molar-refractivity contribution in [2.75, 3.05) is 11.9 Å². The standard InChI is InChI=1S/C22H23ClN2O3S2/c1-14-6-11-18-19(13-14)29-21(20(18)23)22(26)24-16-7-9-17(10-8-16)30(27,28)25-12-4-3-5-15(25)2/h6-11,13,15H,3-5,12H2,1-2H3,(H,24,26)/t15-/m1/s1. The summed E-state index contributed by atoms with van der Waals surface area (Å²) in [6, 6.07) is 12.2. The molecule has 0 spiro atoms. The van der Waals surface area contributed by atoms with Crippen LogP contribution < -0.4 is 5.32 Å². The summed E-state index contributed by atoms with van der Waals surface area (Å²) in [5.41, 5.74) is 1.63. The number of sulfonamides is 1. The average Bonchev–Trinajstić information content (AvgIpc) is 3.04. The Bertz CT molecular complexity index is 1200. The first-order valence-corrected chi connectivity index (χ1v) is 12.5. The zero-order valence-electron chi connectivity index (χ0n) is 16.8. The highest BCUT2D eigenvalue weighted by Gasteiger charge is 2.30. The van der Waals surface area contributed by atoms with Gasteiger partial charge in [0.05, 0.1) is 9.92 Å². The monoisotopic (exact) mass is 462 g/mol. The second-order valence-corrected chi connectivity index (χ2v) is 11.0. The van der Waals surface area contributed by atoms with Crippen molar-refractivity contribution in [2.45, 2.75) is 44.0 Å². The Morgan fingerprint density at radius 2 is 1.90 bits per heavy atom. The van der Waals surface area contributed by atoms with E-state index in [1.54, 1.807) is 28.6 Å². The SMILES string of the molecule is Cc1ccc2c(Cl)c(C(=O)Nc3ccc(S(=O)(=O)N4CCCC[C@H]4C)cc3)sc2c1. The first kappa shape index (κ1) is 21.3. The molecule has 1 aromatic heterocycles. The van der Waals surface area contributed by atoms with Crippen molar-refractivity contribution in [1.29, 1.82) is 0 Å². The van der Waals surface area contributed by atoms with E-state index in [4.69, 9.17) is 11.6 Å². The van der Waals surface area contributed by atoms with E-state index in [9.17, 15) is 13.2 Å². The highest BCUT2D eigenvalue weighted by Crippen LogP contribution is 2.36. The maximum atomic E-state index is 12.9. The molecule has 0 saturated carbocycles. The average molecular weight is 463 g/mol. The number of carbonyl (C=O) groups excluding carboxylic acids is 1. The molecular weight excluding hydrogens is 440 g/mol. The summed E-state index contributed by atoms with van der Waals surface area (Å²) in [7, 11) is -3.54. The Morgan fingerprint density at radius 3 is 2.60 bits per heavy atom. The molecule has 8 heteroatoms. The second-order valence-electron chi connectivity index (χ2n) is 7.68. The number of piperidine rings is 1. The van der Waals surface area contributed by atoms with Crippen molar-refractivity contribution in [1.82, 2.24) is 4.31 Å². The largest absolute Gasteiger partial charge is 0.321 e. The molecule has 0 bridgehead atoms. The predicted molar refractivity (Wildman–Crippen MR) is 123 cm³/mol. The van der Waals surface area contributed by atoms with Gasteiger partial charge in [-0.3, -0.25) is 4.79 Å². The molecule has 0 unspecified atom stereocenters. The van der Waals surface area contributed by atoms with Crippen molar-refractivity contribution < 1.29 is 13.2 Å². The number of amides is 1. The van der Waals surface area contributed by atoms with Crippen LogP contribution in [0.5, 0.6) is 0 Å². The topological polar surface area (TPSA) is 66.5 Å². The molecule has 2 aromatic carbocycles. The van der Waals surface area contributed by atoms with Crippen LogP contribution in [0.4, 0.5) is 5.69 Å². The molecule has 5 nitrogen and oxygen atoms in total. The molecule has 1 fully saturated rings. The summed E-state index contributed by atoms with van der Waals surface area (Å²) in [5, 5.41) is 4.11. The van der Waals surface area contributed by atoms with E-state index < -0.39 is 10.0 Å². The highest BCUT2D eigenvalue weighted by molar-refractivity contribution is 7.89. The van der Waals surface area contributed by atoms with Crippen LogP contribution in [-0.2, 0) is 10.0 Å². The zero-order chi connectivity index (χ0) is 21.5. The minimum Gasteiger partial charge on any atom is -0.321 e. The van der Waals surface area contributed by atoms with Crippen LogP contribution in [-0.4, -0.2) is 31.2 Å². The van der Waals surface area contributed by atoms with Crippen LogP contribution in [0.3, 0.4) is 0 Å². The molecule has 0 radical (unpaired) electrons. The molecule has 1 atom stereocenters. The third-order valence-electron chi connectivity index (χ3n) is 5.45. The van der Waals surface area contributed by atoms with Gasteiger partial charge in [-0.25, -0.2) is 8.42 Å². The van der Waals surface area contributed by atoms with Crippen molar-refractivity contribution in [3.63, 3.8) is 0 Å². The van der Waals surface area contributed by atoms with Crippen LogP contribution in [0.15, 0.2) is 47.4 Å². The van der Waals surface area contributed by atoms with Crippen molar-refractivity contribution >= 4 is 54.6 Å². The minimum atomic E-state index is -3.54. The summed E-state index contributed by atoms with van der Waals surface area (Å²) in [6.45, 7) is 4.49. The number of fused-ring (bicyclic) bond motifs is 1. The first-order chi connectivity index (χ1) is 14.3. The fourth-order valence-electron chi connectivity index (χ4n) is 3.78. The zero-order valence-corrected chi connectivity index (χ0v) is 19.2. The summed E-state index contributed by atoms with van der Waals surface area (Å²) in [6.07, 6.45) is 2.81. The van der Waals surface area contributed by atoms with Crippen molar-refractivity contribution in [3.05, 3.63) is 57.9 Å². The van der Waals surface area contributed by atoms with E-state index in [0.717, 1.165) is 34.9 Å². The molecule has 1 N–H and O–H groups in total. The Balaban J connectivity index is 1.54. The number of halogens is 1. The number of thiophene rings is 1. The summed E-state index contributed by atoms with van der Waals surface area (Å²) < 4.78 is 28.4. The van der Waals surface area contributed by atoms with Crippen LogP contribution in [0, 0.1) is 6.92 Å². The molecule has 1 aliphatic heterocycles. The number of anilines is 1. The Hall–Kier alpha value is -1.93. The normalized spacial score (nSPS) is 17.9. The van der Waals surface area contributed by atoms with Gasteiger partial charge in [0.2, 0.25) is 10.0 Å². The van der Waals surface area contributed by atoms with E-state index >= 15 is 0 Å². The van der Waals surface area contributed by atoms with Crippen molar-refractivity contribution in [3.8, 4) is 0 Å². The van der Waals surface area contributed by atoms with Gasteiger partial charge in [0.25, 0.3) is 5.91 Å². The van der Waals surface area contributed by atoms with Gasteiger partial charge in [-0.15, -0.1) is 11.3 Å². The lowest BCUT2D eigenvalue weighted by Gasteiger charge is -2.32. The van der Waals surface area contributed by atoms with E-state index in [-0.39, 0.29) is 16.8 Å². The third-order valence-corrected chi connectivity index (χ3v) is 9.14. The Labute approximate surface area is 185 Å². The van der Waals surface area contributed by atoms with Gasteiger partial charge in [-0.05, 0) is 62.6 Å². The van der Waals surface area contributed by atoms with Gasteiger partial charge < -0.3 is 5.32 Å². The second kappa shape index (κ2) is 8.30. The summed E-state index contributed by atoms with van der Waals surface area (Å²) >= 11 is 7.77. The number of hydrogen-bond acceptors (Lipinski definition) is 4. The maximum absolute atomic E-state index is 12.9. The molecular formula is C22H23ClN2O3S2. The summed E-state index contributed by atoms with van der Waals surface area (Å²) in [4.78, 5) is 13.4. The van der Waals surface area contributed by atoms with Gasteiger partial charge in [-0.1, -0.05) is 30.2 Å². The van der Waals surface area contributed by atoms with Crippen LogP contribution in [0.25, 0.3) is 10.1 Å². The number of aryl methyl sites for hydroxylation is 1. The molecule has 1 saturated heterocycles. The van der Waals surface area contributed by atoms with Crippen LogP contribution >= 0.6 is 22.9 Å². The number of hydrogen-bond donors (Lipinski definition) is 1. The van der Waals surface area contributed by atoms with Gasteiger partial charge in [0, 0.05) is 28.4 Å². The van der Waals surface area contributed by atoms with Crippen LogP contribution in [0.1, 0.15) is 41.4 Å². The maximum Gasteiger partial charge on any atom is 0.267 e. The lowest BCUT2D eigenvalue weighted by molar-refractivity contribution is 0.103. The molecule has 1 amide bonds. The highest BCUT2D eigenvalue weighted by atomic mass is 35.5. The number of benzene rings is 2. The molecule has 1 aliphatic rings. The number of nitrogens with one attached hydrogen (secondary N) is 1.